The third-order valence-electron chi connectivity index (χ3n) is 4.49. The molecule has 0 atom stereocenters. The van der Waals surface area contributed by atoms with Gasteiger partial charge in [0, 0.05) is 41.9 Å². The number of nitrogens with zero attached hydrogens (tertiary/aromatic N) is 2. The van der Waals surface area contributed by atoms with Crippen LogP contribution < -0.4 is 39.2 Å². The first kappa shape index (κ1) is 22.5. The van der Waals surface area contributed by atoms with Crippen molar-refractivity contribution in [2.24, 2.45) is 0 Å². The van der Waals surface area contributed by atoms with Crippen LogP contribution in [0.3, 0.4) is 0 Å². The summed E-state index contributed by atoms with van der Waals surface area (Å²) in [5.74, 6) is 0.964. The second-order valence-corrected chi connectivity index (χ2v) is 7.62. The minimum Gasteiger partial charge on any atom is -1.00 e. The molecule has 0 aromatic heterocycles. The van der Waals surface area contributed by atoms with E-state index in [9.17, 15) is 4.79 Å². The fraction of sp³-hybridized carbons (Fsp3) is 0.350. The molecule has 1 N–H and O–H groups in total. The van der Waals surface area contributed by atoms with E-state index in [1.165, 1.54) is 9.26 Å². The summed E-state index contributed by atoms with van der Waals surface area (Å²) in [5, 5.41) is 8.72. The van der Waals surface area contributed by atoms with Crippen LogP contribution in [0.15, 0.2) is 48.5 Å². The largest absolute Gasteiger partial charge is 1.00 e. The van der Waals surface area contributed by atoms with E-state index in [0.717, 1.165) is 50.6 Å². The average molecular weight is 490 g/mol. The van der Waals surface area contributed by atoms with Crippen LogP contribution in [0.1, 0.15) is 14.3 Å². The molecule has 0 amide bonds. The Morgan fingerprint density at radius 1 is 1.00 bits per heavy atom. The standard InChI is InChI=1S/C20H23IN2O3.Na.H/c21-16-3-7-18(8-4-16)26-19-9-5-17(6-10-19)23-14-12-22(13-15-23)11-1-2-20(24)25;;/h3-10H,1-2,11-15H2,(H,24,25);;/q;+1;-1. The van der Waals surface area contributed by atoms with Crippen LogP contribution in [0.2, 0.25) is 0 Å². The third-order valence-corrected chi connectivity index (χ3v) is 5.21. The van der Waals surface area contributed by atoms with Crippen molar-refractivity contribution in [3.8, 4) is 11.5 Å². The molecule has 1 aliphatic heterocycles. The number of piperazine rings is 1. The first-order chi connectivity index (χ1) is 12.6. The van der Waals surface area contributed by atoms with Crippen LogP contribution in [0.25, 0.3) is 0 Å². The molecule has 0 radical (unpaired) electrons. The number of carboxylic acids is 1. The second kappa shape index (κ2) is 11.3. The van der Waals surface area contributed by atoms with E-state index in [-0.39, 0.29) is 37.4 Å². The first-order valence-corrected chi connectivity index (χ1v) is 9.90. The van der Waals surface area contributed by atoms with Crippen LogP contribution in [-0.4, -0.2) is 48.7 Å². The predicted molar refractivity (Wildman–Crippen MR) is 112 cm³/mol. The Balaban J connectivity index is 0.00000196. The maximum atomic E-state index is 10.6. The zero-order valence-electron chi connectivity index (χ0n) is 16.6. The van der Waals surface area contributed by atoms with Gasteiger partial charge in [-0.25, -0.2) is 0 Å². The van der Waals surface area contributed by atoms with Gasteiger partial charge in [-0.15, -0.1) is 0 Å². The minimum atomic E-state index is -0.712. The van der Waals surface area contributed by atoms with Gasteiger partial charge in [-0.1, -0.05) is 0 Å². The summed E-state index contributed by atoms with van der Waals surface area (Å²) in [5.41, 5.74) is 1.20. The molecule has 0 aliphatic carbocycles. The molecular formula is C20H24IN2NaO3. The number of ether oxygens (including phenoxy) is 1. The maximum absolute atomic E-state index is 10.6. The van der Waals surface area contributed by atoms with Crippen LogP contribution in [0, 0.1) is 3.57 Å². The van der Waals surface area contributed by atoms with E-state index in [0.29, 0.717) is 0 Å². The molecule has 1 heterocycles. The van der Waals surface area contributed by atoms with Gasteiger partial charge in [0.25, 0.3) is 0 Å². The maximum Gasteiger partial charge on any atom is 1.00 e. The topological polar surface area (TPSA) is 53.0 Å². The number of halogens is 1. The van der Waals surface area contributed by atoms with E-state index >= 15 is 0 Å². The number of benzene rings is 2. The Morgan fingerprint density at radius 3 is 2.11 bits per heavy atom. The molecular weight excluding hydrogens is 466 g/mol. The summed E-state index contributed by atoms with van der Waals surface area (Å²) < 4.78 is 7.07. The third kappa shape index (κ3) is 7.27. The van der Waals surface area contributed by atoms with Crippen molar-refractivity contribution in [3.05, 3.63) is 52.1 Å². The van der Waals surface area contributed by atoms with Gasteiger partial charge < -0.3 is 16.2 Å². The molecule has 140 valence electrons. The normalized spacial score (nSPS) is 14.5. The molecule has 0 spiro atoms. The van der Waals surface area contributed by atoms with Gasteiger partial charge in [-0.3, -0.25) is 9.69 Å². The monoisotopic (exact) mass is 490 g/mol. The van der Waals surface area contributed by atoms with Crippen molar-refractivity contribution >= 4 is 34.2 Å². The Kier molecular flexibility index (Phi) is 9.38. The number of carboxylic acid groups (broad SMARTS) is 1. The van der Waals surface area contributed by atoms with Gasteiger partial charge in [0.2, 0.25) is 0 Å². The fourth-order valence-corrected chi connectivity index (χ4v) is 3.41. The number of rotatable bonds is 7. The summed E-state index contributed by atoms with van der Waals surface area (Å²) in [7, 11) is 0. The molecule has 0 unspecified atom stereocenters. The van der Waals surface area contributed by atoms with Crippen LogP contribution in [0.5, 0.6) is 11.5 Å². The molecule has 1 saturated heterocycles. The van der Waals surface area contributed by atoms with E-state index in [2.05, 4.69) is 44.5 Å². The van der Waals surface area contributed by atoms with Gasteiger partial charge >= 0.3 is 35.5 Å². The van der Waals surface area contributed by atoms with E-state index in [4.69, 9.17) is 9.84 Å². The molecule has 3 rings (SSSR count). The van der Waals surface area contributed by atoms with Crippen molar-refractivity contribution in [2.45, 2.75) is 12.8 Å². The average Bonchev–Trinajstić information content (AvgIpc) is 2.65. The van der Waals surface area contributed by atoms with E-state index in [1.54, 1.807) is 0 Å². The van der Waals surface area contributed by atoms with Gasteiger partial charge in [0.15, 0.2) is 0 Å². The summed E-state index contributed by atoms with van der Waals surface area (Å²) in [4.78, 5) is 15.3. The minimum absolute atomic E-state index is 0. The first-order valence-electron chi connectivity index (χ1n) is 8.83. The number of hydrogen-bond acceptors (Lipinski definition) is 4. The van der Waals surface area contributed by atoms with Gasteiger partial charge in [-0.05, 0) is 84.1 Å². The number of anilines is 1. The zero-order valence-corrected chi connectivity index (χ0v) is 19.8. The van der Waals surface area contributed by atoms with Crippen LogP contribution in [-0.2, 0) is 4.79 Å². The molecule has 1 fully saturated rings. The Hall–Kier alpha value is -0.800. The second-order valence-electron chi connectivity index (χ2n) is 6.38. The molecule has 7 heteroatoms. The summed E-state index contributed by atoms with van der Waals surface area (Å²) in [6, 6.07) is 16.2. The number of aliphatic carboxylic acids is 1. The van der Waals surface area contributed by atoms with Crippen molar-refractivity contribution in [3.63, 3.8) is 0 Å². The molecule has 0 bridgehead atoms. The summed E-state index contributed by atoms with van der Waals surface area (Å²) in [6.45, 7) is 4.73. The quantitative estimate of drug-likeness (QED) is 0.467. The van der Waals surface area contributed by atoms with Crippen molar-refractivity contribution in [1.29, 1.82) is 0 Å². The number of hydrogen-bond donors (Lipinski definition) is 1. The smallest absolute Gasteiger partial charge is 1.00 e. The molecule has 1 aliphatic rings. The van der Waals surface area contributed by atoms with E-state index < -0.39 is 5.97 Å². The van der Waals surface area contributed by atoms with Gasteiger partial charge in [0.05, 0.1) is 0 Å². The van der Waals surface area contributed by atoms with Crippen molar-refractivity contribution < 1.29 is 45.6 Å². The molecule has 5 nitrogen and oxygen atoms in total. The van der Waals surface area contributed by atoms with Gasteiger partial charge in [0.1, 0.15) is 11.5 Å². The summed E-state index contributed by atoms with van der Waals surface area (Å²) in [6.07, 6.45) is 0.974. The Bertz CT molecular complexity index is 723. The van der Waals surface area contributed by atoms with Crippen LogP contribution in [0.4, 0.5) is 5.69 Å². The van der Waals surface area contributed by atoms with E-state index in [1.807, 2.05) is 36.4 Å². The predicted octanol–water partition coefficient (Wildman–Crippen LogP) is 1.19. The Morgan fingerprint density at radius 2 is 1.56 bits per heavy atom. The molecule has 2 aromatic rings. The number of carbonyl (C=O) groups is 1. The van der Waals surface area contributed by atoms with Gasteiger partial charge in [-0.2, -0.15) is 0 Å². The SMILES string of the molecule is O=C(O)CCCN1CCN(c2ccc(Oc3ccc(I)cc3)cc2)CC1.[H-].[Na+]. The Labute approximate surface area is 197 Å². The van der Waals surface area contributed by atoms with Crippen molar-refractivity contribution in [1.82, 2.24) is 4.90 Å². The van der Waals surface area contributed by atoms with Crippen molar-refractivity contribution in [2.75, 3.05) is 37.6 Å². The fourth-order valence-electron chi connectivity index (χ4n) is 3.05. The zero-order chi connectivity index (χ0) is 18.4. The molecule has 0 saturated carbocycles. The molecule has 2 aromatic carbocycles. The molecule has 27 heavy (non-hydrogen) atoms. The summed E-state index contributed by atoms with van der Waals surface area (Å²) >= 11 is 2.28. The van der Waals surface area contributed by atoms with Crippen LogP contribution >= 0.6 is 22.6 Å².